The Morgan fingerprint density at radius 1 is 0.791 bits per heavy atom. The Morgan fingerprint density at radius 3 is 2.23 bits per heavy atom. The average molecular weight is 573 g/mol. The van der Waals surface area contributed by atoms with E-state index in [9.17, 15) is 1.37 Å². The Labute approximate surface area is 265 Å². The molecule has 43 heavy (non-hydrogen) atoms. The molecule has 2 heteroatoms. The quantitative estimate of drug-likeness (QED) is 0.192. The van der Waals surface area contributed by atoms with Crippen LogP contribution in [0.1, 0.15) is 72.0 Å². The fraction of sp³-hybridized carbons (Fsp3) is 0.293. The van der Waals surface area contributed by atoms with E-state index < -0.39 is 24.1 Å². The van der Waals surface area contributed by atoms with Crippen LogP contribution in [0.2, 0.25) is 0 Å². The number of aromatic nitrogens is 1. The molecule has 0 saturated carbocycles. The van der Waals surface area contributed by atoms with Gasteiger partial charge in [0.05, 0.1) is 6.93 Å². The third-order valence-electron chi connectivity index (χ3n) is 8.03. The van der Waals surface area contributed by atoms with Gasteiger partial charge in [-0.3, -0.25) is 0 Å². The summed E-state index contributed by atoms with van der Waals surface area (Å²) in [6.45, 7) is 11.0. The van der Waals surface area contributed by atoms with Crippen molar-refractivity contribution in [2.24, 2.45) is 12.5 Å². The summed E-state index contributed by atoms with van der Waals surface area (Å²) in [5.41, 5.74) is 7.04. The third-order valence-corrected chi connectivity index (χ3v) is 8.03. The van der Waals surface area contributed by atoms with E-state index in [0.717, 1.165) is 55.4 Å². The second-order valence-electron chi connectivity index (χ2n) is 13.7. The van der Waals surface area contributed by atoms with Gasteiger partial charge in [0.2, 0.25) is 5.69 Å². The number of aryl methyl sites for hydroxylation is 3. The van der Waals surface area contributed by atoms with Crippen LogP contribution in [0.5, 0.6) is 0 Å². The minimum Gasteiger partial charge on any atom is -0.454 e. The van der Waals surface area contributed by atoms with E-state index >= 15 is 0 Å². The van der Waals surface area contributed by atoms with Gasteiger partial charge in [0.15, 0.2) is 6.20 Å². The summed E-state index contributed by atoms with van der Waals surface area (Å²) < 4.78 is 61.8. The predicted molar refractivity (Wildman–Crippen MR) is 183 cm³/mol. The van der Waals surface area contributed by atoms with Gasteiger partial charge in [-0.2, -0.15) is 0 Å². The van der Waals surface area contributed by atoms with Gasteiger partial charge in [-0.25, -0.2) is 4.57 Å². The molecule has 0 radical (unpaired) electrons. The fourth-order valence-corrected chi connectivity index (χ4v) is 6.05. The molecule has 4 aromatic carbocycles. The number of hydrogen-bond acceptors (Lipinski definition) is 1. The van der Waals surface area contributed by atoms with Crippen LogP contribution in [-0.2, 0) is 18.8 Å². The lowest BCUT2D eigenvalue weighted by Crippen LogP contribution is -2.34. The Bertz CT molecular complexity index is 2230. The monoisotopic (exact) mass is 572 g/mol. The van der Waals surface area contributed by atoms with Gasteiger partial charge in [-0.15, -0.1) is 0 Å². The van der Waals surface area contributed by atoms with Gasteiger partial charge in [0, 0.05) is 34.8 Å². The second-order valence-corrected chi connectivity index (χ2v) is 13.7. The normalized spacial score (nSPS) is 15.1. The maximum absolute atomic E-state index is 9.29. The maximum atomic E-state index is 9.29. The molecule has 2 heterocycles. The van der Waals surface area contributed by atoms with Crippen LogP contribution in [0.15, 0.2) is 95.5 Å². The Morgan fingerprint density at radius 2 is 1.53 bits per heavy atom. The van der Waals surface area contributed by atoms with Crippen molar-refractivity contribution in [2.75, 3.05) is 0 Å². The van der Waals surface area contributed by atoms with Gasteiger partial charge >= 0.3 is 0 Å². The minimum absolute atomic E-state index is 0.0202. The lowest BCUT2D eigenvalue weighted by molar-refractivity contribution is -0.660. The van der Waals surface area contributed by atoms with Crippen molar-refractivity contribution in [3.05, 3.63) is 113 Å². The van der Waals surface area contributed by atoms with E-state index in [1.54, 1.807) is 20.8 Å². The van der Waals surface area contributed by atoms with E-state index in [0.29, 0.717) is 11.1 Å². The first kappa shape index (κ1) is 22.4. The molecule has 0 unspecified atom stereocenters. The van der Waals surface area contributed by atoms with Crippen molar-refractivity contribution in [1.29, 1.82) is 0 Å². The number of nitrogens with zero attached hydrogens (tertiary/aromatic N) is 1. The maximum Gasteiger partial charge on any atom is 0.216 e. The highest BCUT2D eigenvalue weighted by Gasteiger charge is 2.28. The number of fused-ring (bicyclic) bond motifs is 3. The number of hydrogen-bond donors (Lipinski definition) is 0. The van der Waals surface area contributed by atoms with Crippen molar-refractivity contribution in [3.63, 3.8) is 0 Å². The summed E-state index contributed by atoms with van der Waals surface area (Å²) in [5.74, 6) is 0. The molecule has 218 valence electrons. The first-order valence-electron chi connectivity index (χ1n) is 17.9. The van der Waals surface area contributed by atoms with Crippen LogP contribution in [-0.4, -0.2) is 0 Å². The first-order chi connectivity index (χ1) is 22.7. The number of para-hydroxylation sites is 1. The minimum atomic E-state index is -2.59. The average Bonchev–Trinajstić information content (AvgIpc) is 3.38. The van der Waals surface area contributed by atoms with Crippen LogP contribution in [0.3, 0.4) is 0 Å². The topological polar surface area (TPSA) is 17.0 Å². The molecule has 0 N–H and O–H groups in total. The number of rotatable bonds is 4. The van der Waals surface area contributed by atoms with Gasteiger partial charge in [-0.1, -0.05) is 120 Å². The second kappa shape index (κ2) is 10.5. The lowest BCUT2D eigenvalue weighted by Gasteiger charge is -2.24. The van der Waals surface area contributed by atoms with Crippen LogP contribution in [0.4, 0.5) is 0 Å². The fourth-order valence-electron chi connectivity index (χ4n) is 6.05. The number of benzene rings is 4. The standard InChI is InChI=1S/C41H44NO/c1-26-18-20-33-32-17-13-16-31(29-14-11-10-12-15-29)38(32)43-39(33)37(26)36-23-34(35(25-42(36)9)41(6,7)8)30-21-19-28(22-27(30)2)24-40(3,4)5/h10-23,25H,24H2,1-9H3/q+1/i2D3,21D,24D2. The van der Waals surface area contributed by atoms with Gasteiger partial charge in [-0.05, 0) is 64.4 Å². The van der Waals surface area contributed by atoms with Crippen molar-refractivity contribution in [2.45, 2.75) is 67.1 Å². The summed E-state index contributed by atoms with van der Waals surface area (Å²) in [7, 11) is 1.98. The summed E-state index contributed by atoms with van der Waals surface area (Å²) in [4.78, 5) is 0. The molecular formula is C41H44NO+. The lowest BCUT2D eigenvalue weighted by atomic mass is 9.80. The molecule has 0 bridgehead atoms. The highest BCUT2D eigenvalue weighted by molar-refractivity contribution is 6.13. The highest BCUT2D eigenvalue weighted by atomic mass is 16.3. The largest absolute Gasteiger partial charge is 0.454 e. The van der Waals surface area contributed by atoms with E-state index in [1.165, 1.54) is 12.1 Å². The van der Waals surface area contributed by atoms with Crippen molar-refractivity contribution in [3.8, 4) is 33.5 Å². The molecule has 0 amide bonds. The zero-order valence-electron chi connectivity index (χ0n) is 32.4. The summed E-state index contributed by atoms with van der Waals surface area (Å²) in [5, 5.41) is 1.99. The first-order valence-corrected chi connectivity index (χ1v) is 14.9. The molecule has 2 nitrogen and oxygen atoms in total. The van der Waals surface area contributed by atoms with E-state index in [2.05, 4.69) is 61.7 Å². The van der Waals surface area contributed by atoms with Gasteiger partial charge < -0.3 is 4.42 Å². The van der Waals surface area contributed by atoms with E-state index in [4.69, 9.17) is 11.3 Å². The molecule has 0 saturated heterocycles. The molecule has 0 atom stereocenters. The van der Waals surface area contributed by atoms with Gasteiger partial charge in [0.1, 0.15) is 18.2 Å². The highest BCUT2D eigenvalue weighted by Crippen LogP contribution is 2.42. The zero-order valence-corrected chi connectivity index (χ0v) is 26.4. The Balaban J connectivity index is 1.69. The Kier molecular flexibility index (Phi) is 5.48. The van der Waals surface area contributed by atoms with Crippen molar-refractivity contribution in [1.82, 2.24) is 0 Å². The molecule has 6 aromatic rings. The molecule has 0 fully saturated rings. The van der Waals surface area contributed by atoms with Crippen LogP contribution in [0, 0.1) is 19.2 Å². The van der Waals surface area contributed by atoms with Crippen molar-refractivity contribution < 1.29 is 17.2 Å². The third kappa shape index (κ3) is 5.40. The molecular weight excluding hydrogens is 522 g/mol. The predicted octanol–water partition coefficient (Wildman–Crippen LogP) is 10.9. The van der Waals surface area contributed by atoms with Crippen molar-refractivity contribution >= 4 is 21.9 Å². The number of pyridine rings is 1. The zero-order chi connectivity index (χ0) is 35.8. The number of furan rings is 1. The SMILES string of the molecule is [2H]c1cc(C([2H])([2H])C(C)(C)C)cc(C([2H])([2H])[2H])c1-c1cc(-c2c(C)ccc3c2oc2c(-c4ccccc4)cccc23)[n+](C)cc1C(C)(C)C. The van der Waals surface area contributed by atoms with Crippen LogP contribution in [0.25, 0.3) is 55.4 Å². The molecule has 0 aliphatic rings. The molecule has 2 aromatic heterocycles. The molecule has 0 aliphatic heterocycles. The van der Waals surface area contributed by atoms with Gasteiger partial charge in [0.25, 0.3) is 0 Å². The summed E-state index contributed by atoms with van der Waals surface area (Å²) in [6, 6.07) is 25.5. The molecule has 0 aliphatic carbocycles. The smallest absolute Gasteiger partial charge is 0.216 e. The Hall–Kier alpha value is -4.17. The molecule has 0 spiro atoms. The van der Waals surface area contributed by atoms with Crippen LogP contribution >= 0.6 is 0 Å². The summed E-state index contributed by atoms with van der Waals surface area (Å²) in [6.07, 6.45) is 0.168. The van der Waals surface area contributed by atoms with Crippen LogP contribution < -0.4 is 4.57 Å². The van der Waals surface area contributed by atoms with E-state index in [1.807, 2.05) is 50.5 Å². The van der Waals surface area contributed by atoms with E-state index in [-0.39, 0.29) is 17.2 Å². The molecule has 6 rings (SSSR count). The summed E-state index contributed by atoms with van der Waals surface area (Å²) >= 11 is 0.